The molecule has 0 amide bonds. The third kappa shape index (κ3) is 4.54. The Morgan fingerprint density at radius 1 is 1.12 bits per heavy atom. The van der Waals surface area contributed by atoms with Gasteiger partial charge in [-0.05, 0) is 12.8 Å². The van der Waals surface area contributed by atoms with Crippen molar-refractivity contribution in [2.24, 2.45) is 7.05 Å². The van der Waals surface area contributed by atoms with E-state index in [-0.39, 0.29) is 46.5 Å². The van der Waals surface area contributed by atoms with Crippen LogP contribution < -0.4 is 10.1 Å². The van der Waals surface area contributed by atoms with Crippen molar-refractivity contribution in [1.82, 2.24) is 38.7 Å². The number of fused-ring (bicyclic) bond motifs is 2. The molecular weight excluding hydrogens is 548 g/mol. The molecule has 0 spiro atoms. The number of nitrogens with one attached hydrogen (secondary N) is 1. The summed E-state index contributed by atoms with van der Waals surface area (Å²) in [6, 6.07) is 1.54. The van der Waals surface area contributed by atoms with E-state index in [1.807, 2.05) is 10.5 Å². The van der Waals surface area contributed by atoms with Gasteiger partial charge in [-0.15, -0.1) is 0 Å². The first-order valence-corrected chi connectivity index (χ1v) is 13.9. The highest BCUT2D eigenvalue weighted by atomic mass is 19.3. The van der Waals surface area contributed by atoms with Crippen molar-refractivity contribution < 1.29 is 23.4 Å². The van der Waals surface area contributed by atoms with Crippen molar-refractivity contribution in [3.8, 4) is 11.5 Å². The third-order valence-corrected chi connectivity index (χ3v) is 7.76. The fourth-order valence-electron chi connectivity index (χ4n) is 5.44. The van der Waals surface area contributed by atoms with E-state index in [1.54, 1.807) is 24.1 Å². The van der Waals surface area contributed by atoms with Gasteiger partial charge in [0.15, 0.2) is 28.6 Å². The quantitative estimate of drug-likeness (QED) is 0.280. The molecule has 2 N–H and O–H groups in total. The normalized spacial score (nSPS) is 19.4. The summed E-state index contributed by atoms with van der Waals surface area (Å²) in [6.07, 6.45) is 4.72. The zero-order chi connectivity index (χ0) is 29.3. The Labute approximate surface area is 239 Å². The molecular formula is C28H31F2N9O3. The number of ether oxygens (including phenoxy) is 2. The van der Waals surface area contributed by atoms with Crippen LogP contribution >= 0.6 is 0 Å². The predicted octanol–water partition coefficient (Wildman–Crippen LogP) is 4.79. The Morgan fingerprint density at radius 2 is 1.93 bits per heavy atom. The summed E-state index contributed by atoms with van der Waals surface area (Å²) >= 11 is 0. The minimum absolute atomic E-state index is 0.0872. The summed E-state index contributed by atoms with van der Waals surface area (Å²) in [5.41, 5.74) is 1.21. The average Bonchev–Trinajstić information content (AvgIpc) is 3.22. The molecule has 14 heteroatoms. The molecule has 1 saturated carbocycles. The lowest BCUT2D eigenvalue weighted by atomic mass is 9.91. The van der Waals surface area contributed by atoms with Crippen molar-refractivity contribution in [3.05, 3.63) is 47.9 Å². The van der Waals surface area contributed by atoms with Gasteiger partial charge in [-0.3, -0.25) is 9.08 Å². The molecule has 1 aliphatic carbocycles. The molecule has 0 aromatic carbocycles. The molecule has 0 radical (unpaired) electrons. The lowest BCUT2D eigenvalue weighted by Crippen LogP contribution is -2.28. The summed E-state index contributed by atoms with van der Waals surface area (Å²) in [5.74, 6) is 2.21. The van der Waals surface area contributed by atoms with Crippen molar-refractivity contribution in [2.75, 3.05) is 18.5 Å². The maximum absolute atomic E-state index is 14.6. The molecule has 7 rings (SSSR count). The van der Waals surface area contributed by atoms with Gasteiger partial charge in [0.1, 0.15) is 23.5 Å². The highest BCUT2D eigenvalue weighted by molar-refractivity contribution is 5.81. The van der Waals surface area contributed by atoms with E-state index < -0.39 is 12.5 Å². The zero-order valence-electron chi connectivity index (χ0n) is 23.6. The zero-order valence-corrected chi connectivity index (χ0v) is 23.6. The number of rotatable bonds is 7. The van der Waals surface area contributed by atoms with Crippen LogP contribution in [-0.2, 0) is 17.2 Å². The number of alkyl halides is 2. The standard InChI is InChI=1S/C28H31F2N9O3/c1-28(2,3)19-7-20(36-39(19)16-12-41-13-17(16)40)34-27-35-25-23(37(27)4)22(24(29)30)18(9-32-25)42-15-8-31-21-10-33-26(14-5-6-14)38(21)11-15/h7-11,14,16-17,24,40H,5-6,12-13H2,1-4H3,(H,32,34,35,36)/t16-,17+/m0/s1. The fraction of sp³-hybridized carbons (Fsp3) is 0.464. The molecule has 42 heavy (non-hydrogen) atoms. The number of hydrogen-bond acceptors (Lipinski definition) is 9. The minimum atomic E-state index is -2.86. The number of aliphatic hydroxyl groups is 1. The number of halogens is 2. The van der Waals surface area contributed by atoms with Gasteiger partial charge >= 0.3 is 0 Å². The average molecular weight is 580 g/mol. The second-order valence-electron chi connectivity index (χ2n) is 11.9. The lowest BCUT2D eigenvalue weighted by Gasteiger charge is -2.24. The van der Waals surface area contributed by atoms with E-state index in [0.717, 1.165) is 24.4 Å². The van der Waals surface area contributed by atoms with Crippen LogP contribution in [0.25, 0.3) is 16.8 Å². The van der Waals surface area contributed by atoms with Gasteiger partial charge < -0.3 is 24.5 Å². The van der Waals surface area contributed by atoms with E-state index in [9.17, 15) is 13.9 Å². The van der Waals surface area contributed by atoms with Gasteiger partial charge in [0, 0.05) is 30.1 Å². The summed E-state index contributed by atoms with van der Waals surface area (Å²) < 4.78 is 45.7. The SMILES string of the molecule is Cn1c(Nc2cc(C(C)(C)C)n([C@H]3COC[C@H]3O)n2)nc2ncc(Oc3cnc4cnc(C5CC5)n4c3)c(C(F)F)c21. The first-order valence-electron chi connectivity index (χ1n) is 13.9. The van der Waals surface area contributed by atoms with Gasteiger partial charge in [0.05, 0.1) is 43.6 Å². The van der Waals surface area contributed by atoms with E-state index >= 15 is 0 Å². The van der Waals surface area contributed by atoms with Gasteiger partial charge in [-0.1, -0.05) is 20.8 Å². The molecule has 2 aliphatic rings. The Kier molecular flexibility index (Phi) is 6.17. The lowest BCUT2D eigenvalue weighted by molar-refractivity contribution is 0.117. The van der Waals surface area contributed by atoms with Crippen LogP contribution in [0.3, 0.4) is 0 Å². The van der Waals surface area contributed by atoms with Crippen molar-refractivity contribution in [2.45, 2.75) is 63.5 Å². The summed E-state index contributed by atoms with van der Waals surface area (Å²) in [7, 11) is 1.63. The number of hydrogen-bond donors (Lipinski definition) is 2. The second-order valence-corrected chi connectivity index (χ2v) is 11.9. The monoisotopic (exact) mass is 579 g/mol. The van der Waals surface area contributed by atoms with Crippen LogP contribution in [0, 0.1) is 0 Å². The topological polar surface area (TPSA) is 129 Å². The largest absolute Gasteiger partial charge is 0.452 e. The number of pyridine rings is 1. The Balaban J connectivity index is 1.24. The minimum Gasteiger partial charge on any atom is -0.452 e. The first kappa shape index (κ1) is 26.7. The highest BCUT2D eigenvalue weighted by Gasteiger charge is 2.34. The molecule has 12 nitrogen and oxygen atoms in total. The molecule has 220 valence electrons. The number of imidazole rings is 2. The van der Waals surface area contributed by atoms with E-state index in [0.29, 0.717) is 29.7 Å². The van der Waals surface area contributed by atoms with E-state index in [4.69, 9.17) is 14.6 Å². The molecule has 2 fully saturated rings. The number of nitrogens with zero attached hydrogens (tertiary/aromatic N) is 8. The van der Waals surface area contributed by atoms with Crippen LogP contribution in [0.2, 0.25) is 0 Å². The number of aliphatic hydroxyl groups excluding tert-OH is 1. The van der Waals surface area contributed by atoms with Crippen LogP contribution in [0.4, 0.5) is 20.5 Å². The maximum atomic E-state index is 14.6. The van der Waals surface area contributed by atoms with Gasteiger partial charge in [-0.2, -0.15) is 10.1 Å². The molecule has 0 unspecified atom stereocenters. The van der Waals surface area contributed by atoms with Gasteiger partial charge in [0.25, 0.3) is 6.43 Å². The molecule has 5 aromatic heterocycles. The number of anilines is 2. The second kappa shape index (κ2) is 9.70. The van der Waals surface area contributed by atoms with Crippen LogP contribution in [0.1, 0.15) is 69.1 Å². The predicted molar refractivity (Wildman–Crippen MR) is 149 cm³/mol. The van der Waals surface area contributed by atoms with Crippen LogP contribution in [0.15, 0.2) is 30.9 Å². The maximum Gasteiger partial charge on any atom is 0.269 e. The van der Waals surface area contributed by atoms with E-state index in [1.165, 1.54) is 17.0 Å². The Bertz CT molecular complexity index is 1800. The smallest absolute Gasteiger partial charge is 0.269 e. The van der Waals surface area contributed by atoms with Crippen molar-refractivity contribution >= 4 is 28.6 Å². The molecule has 1 saturated heterocycles. The van der Waals surface area contributed by atoms with Crippen molar-refractivity contribution in [3.63, 3.8) is 0 Å². The van der Waals surface area contributed by atoms with Gasteiger partial charge in [0.2, 0.25) is 5.95 Å². The molecule has 2 atom stereocenters. The molecule has 1 aliphatic heterocycles. The Morgan fingerprint density at radius 3 is 2.62 bits per heavy atom. The molecule has 5 aromatic rings. The first-order chi connectivity index (χ1) is 20.1. The van der Waals surface area contributed by atoms with Crippen LogP contribution in [0.5, 0.6) is 11.5 Å². The van der Waals surface area contributed by atoms with E-state index in [2.05, 4.69) is 46.0 Å². The molecule has 0 bridgehead atoms. The third-order valence-electron chi connectivity index (χ3n) is 7.76. The Hall–Kier alpha value is -4.17. The number of aromatic nitrogens is 8. The van der Waals surface area contributed by atoms with Crippen molar-refractivity contribution in [1.29, 1.82) is 0 Å². The number of aryl methyl sites for hydroxylation is 1. The summed E-state index contributed by atoms with van der Waals surface area (Å²) in [6.45, 7) is 6.73. The van der Waals surface area contributed by atoms with Crippen LogP contribution in [-0.4, -0.2) is 63.1 Å². The highest BCUT2D eigenvalue weighted by Crippen LogP contribution is 2.41. The molecule has 6 heterocycles. The summed E-state index contributed by atoms with van der Waals surface area (Å²) in [5, 5.41) is 18.3. The van der Waals surface area contributed by atoms with Gasteiger partial charge in [-0.25, -0.2) is 23.7 Å². The summed E-state index contributed by atoms with van der Waals surface area (Å²) in [4.78, 5) is 17.7. The fourth-order valence-corrected chi connectivity index (χ4v) is 5.44.